The number of halogens is 1. The third-order valence-electron chi connectivity index (χ3n) is 3.54. The molecule has 2 amide bonds. The normalized spacial score (nSPS) is 10.2. The second-order valence-corrected chi connectivity index (χ2v) is 6.04. The molecule has 2 rings (SSSR count). The van der Waals surface area contributed by atoms with Gasteiger partial charge in [-0.2, -0.15) is 0 Å². The molecule has 0 fully saturated rings. The highest BCUT2D eigenvalue weighted by Crippen LogP contribution is 2.23. The standard InChI is InChI=1S/C18H18ClN3O4/c1-2-4-17(23)21-14-6-3-5-12(9-14)11-20-18(24)15-8-7-13(19)10-16(15)22(25)26/h3,5-10H,2,4,11H2,1H3,(H,20,24)(H,21,23). The van der Waals surface area contributed by atoms with Gasteiger partial charge in [-0.1, -0.05) is 30.7 Å². The number of nitrogens with zero attached hydrogens (tertiary/aromatic N) is 1. The number of hydrogen-bond donors (Lipinski definition) is 2. The van der Waals surface area contributed by atoms with E-state index in [1.54, 1.807) is 24.3 Å². The number of nitrogens with one attached hydrogen (secondary N) is 2. The molecule has 0 bridgehead atoms. The lowest BCUT2D eigenvalue weighted by Gasteiger charge is -2.09. The van der Waals surface area contributed by atoms with Crippen LogP contribution in [0.25, 0.3) is 0 Å². The van der Waals surface area contributed by atoms with E-state index >= 15 is 0 Å². The number of carbonyl (C=O) groups is 2. The average molecular weight is 376 g/mol. The van der Waals surface area contributed by atoms with Crippen molar-refractivity contribution in [3.05, 3.63) is 68.7 Å². The van der Waals surface area contributed by atoms with E-state index in [4.69, 9.17) is 11.6 Å². The smallest absolute Gasteiger partial charge is 0.283 e. The molecular formula is C18H18ClN3O4. The third kappa shape index (κ3) is 5.29. The van der Waals surface area contributed by atoms with Crippen molar-refractivity contribution in [3.8, 4) is 0 Å². The molecule has 2 aromatic carbocycles. The van der Waals surface area contributed by atoms with Gasteiger partial charge in [0.25, 0.3) is 11.6 Å². The summed E-state index contributed by atoms with van der Waals surface area (Å²) in [6, 6.07) is 10.9. The van der Waals surface area contributed by atoms with Crippen molar-refractivity contribution in [3.63, 3.8) is 0 Å². The zero-order chi connectivity index (χ0) is 19.1. The highest BCUT2D eigenvalue weighted by atomic mass is 35.5. The number of nitro groups is 1. The molecule has 0 aliphatic carbocycles. The van der Waals surface area contributed by atoms with Crippen molar-refractivity contribution < 1.29 is 14.5 Å². The van der Waals surface area contributed by atoms with Gasteiger partial charge < -0.3 is 10.6 Å². The van der Waals surface area contributed by atoms with Crippen LogP contribution in [0.2, 0.25) is 5.02 Å². The Kier molecular flexibility index (Phi) is 6.68. The van der Waals surface area contributed by atoms with E-state index in [0.29, 0.717) is 12.1 Å². The summed E-state index contributed by atoms with van der Waals surface area (Å²) in [5, 5.41) is 16.7. The zero-order valence-corrected chi connectivity index (χ0v) is 14.9. The van der Waals surface area contributed by atoms with Gasteiger partial charge in [0.05, 0.1) is 4.92 Å². The maximum absolute atomic E-state index is 12.3. The van der Waals surface area contributed by atoms with Crippen LogP contribution < -0.4 is 10.6 Å². The van der Waals surface area contributed by atoms with Crippen LogP contribution >= 0.6 is 11.6 Å². The number of amides is 2. The molecule has 0 aliphatic heterocycles. The van der Waals surface area contributed by atoms with E-state index in [0.717, 1.165) is 18.1 Å². The Morgan fingerprint density at radius 3 is 2.65 bits per heavy atom. The van der Waals surface area contributed by atoms with E-state index in [9.17, 15) is 19.7 Å². The van der Waals surface area contributed by atoms with Crippen molar-refractivity contribution in [2.45, 2.75) is 26.3 Å². The Morgan fingerprint density at radius 1 is 1.19 bits per heavy atom. The molecule has 8 heteroatoms. The number of rotatable bonds is 7. The van der Waals surface area contributed by atoms with Gasteiger partial charge in [-0.05, 0) is 36.2 Å². The first-order valence-electron chi connectivity index (χ1n) is 8.01. The number of carbonyl (C=O) groups excluding carboxylic acids is 2. The molecule has 2 aromatic rings. The van der Waals surface area contributed by atoms with E-state index < -0.39 is 10.8 Å². The van der Waals surface area contributed by atoms with Gasteiger partial charge in [-0.15, -0.1) is 0 Å². The van der Waals surface area contributed by atoms with Crippen molar-refractivity contribution in [2.24, 2.45) is 0 Å². The minimum atomic E-state index is -0.648. The minimum Gasteiger partial charge on any atom is -0.348 e. The molecule has 0 aliphatic rings. The van der Waals surface area contributed by atoms with Gasteiger partial charge in [-0.3, -0.25) is 19.7 Å². The number of nitro benzene ring substituents is 1. The van der Waals surface area contributed by atoms with Crippen LogP contribution in [-0.4, -0.2) is 16.7 Å². The van der Waals surface area contributed by atoms with Gasteiger partial charge in [0.15, 0.2) is 0 Å². The van der Waals surface area contributed by atoms with E-state index in [1.165, 1.54) is 12.1 Å². The molecule has 0 spiro atoms. The van der Waals surface area contributed by atoms with E-state index in [1.807, 2.05) is 6.92 Å². The zero-order valence-electron chi connectivity index (χ0n) is 14.1. The number of anilines is 1. The van der Waals surface area contributed by atoms with E-state index in [-0.39, 0.29) is 28.7 Å². The molecule has 2 N–H and O–H groups in total. The monoisotopic (exact) mass is 375 g/mol. The lowest BCUT2D eigenvalue weighted by molar-refractivity contribution is -0.385. The molecule has 0 unspecified atom stereocenters. The van der Waals surface area contributed by atoms with Crippen LogP contribution in [0, 0.1) is 10.1 Å². The molecule has 136 valence electrons. The summed E-state index contributed by atoms with van der Waals surface area (Å²) in [6.07, 6.45) is 1.18. The topological polar surface area (TPSA) is 101 Å². The summed E-state index contributed by atoms with van der Waals surface area (Å²) in [4.78, 5) is 34.4. The highest BCUT2D eigenvalue weighted by molar-refractivity contribution is 6.31. The lowest BCUT2D eigenvalue weighted by Crippen LogP contribution is -2.23. The second kappa shape index (κ2) is 8.96. The maximum atomic E-state index is 12.3. The maximum Gasteiger partial charge on any atom is 0.283 e. The number of benzene rings is 2. The van der Waals surface area contributed by atoms with Crippen molar-refractivity contribution in [1.29, 1.82) is 0 Å². The largest absolute Gasteiger partial charge is 0.348 e. The lowest BCUT2D eigenvalue weighted by atomic mass is 10.1. The molecule has 0 heterocycles. The molecule has 0 radical (unpaired) electrons. The van der Waals surface area contributed by atoms with Gasteiger partial charge in [0.2, 0.25) is 5.91 Å². The average Bonchev–Trinajstić information content (AvgIpc) is 2.60. The summed E-state index contributed by atoms with van der Waals surface area (Å²) in [5.74, 6) is -0.653. The fourth-order valence-corrected chi connectivity index (χ4v) is 2.50. The first-order chi connectivity index (χ1) is 12.4. The molecule has 0 saturated carbocycles. The van der Waals surface area contributed by atoms with Gasteiger partial charge in [0, 0.05) is 29.7 Å². The van der Waals surface area contributed by atoms with Crippen LogP contribution in [0.3, 0.4) is 0 Å². The fourth-order valence-electron chi connectivity index (χ4n) is 2.34. The first kappa shape index (κ1) is 19.4. The minimum absolute atomic E-state index is 0.0631. The Labute approximate surface area is 155 Å². The second-order valence-electron chi connectivity index (χ2n) is 5.60. The molecule has 0 saturated heterocycles. The molecule has 26 heavy (non-hydrogen) atoms. The van der Waals surface area contributed by atoms with E-state index in [2.05, 4.69) is 10.6 Å². The summed E-state index contributed by atoms with van der Waals surface area (Å²) in [5.41, 5.74) is 0.972. The molecule has 0 atom stereocenters. The predicted molar refractivity (Wildman–Crippen MR) is 99.3 cm³/mol. The molecule has 7 nitrogen and oxygen atoms in total. The SMILES string of the molecule is CCCC(=O)Nc1cccc(CNC(=O)c2ccc(Cl)cc2[N+](=O)[O-])c1. The Bertz CT molecular complexity index is 839. The van der Waals surface area contributed by atoms with Crippen molar-refractivity contribution >= 4 is 34.8 Å². The van der Waals surface area contributed by atoms with Gasteiger partial charge >= 0.3 is 0 Å². The first-order valence-corrected chi connectivity index (χ1v) is 8.39. The highest BCUT2D eigenvalue weighted by Gasteiger charge is 2.20. The van der Waals surface area contributed by atoms with Crippen LogP contribution in [-0.2, 0) is 11.3 Å². The predicted octanol–water partition coefficient (Wildman–Crippen LogP) is 3.92. The Balaban J connectivity index is 2.06. The van der Waals surface area contributed by atoms with Crippen LogP contribution in [0.5, 0.6) is 0 Å². The third-order valence-corrected chi connectivity index (χ3v) is 3.78. The van der Waals surface area contributed by atoms with Crippen LogP contribution in [0.4, 0.5) is 11.4 Å². The summed E-state index contributed by atoms with van der Waals surface area (Å²) >= 11 is 5.75. The van der Waals surface area contributed by atoms with Gasteiger partial charge in [-0.25, -0.2) is 0 Å². The van der Waals surface area contributed by atoms with Crippen molar-refractivity contribution in [1.82, 2.24) is 5.32 Å². The van der Waals surface area contributed by atoms with Crippen LogP contribution in [0.15, 0.2) is 42.5 Å². The Hall–Kier alpha value is -2.93. The summed E-state index contributed by atoms with van der Waals surface area (Å²) in [6.45, 7) is 2.08. The Morgan fingerprint density at radius 2 is 1.96 bits per heavy atom. The summed E-state index contributed by atoms with van der Waals surface area (Å²) < 4.78 is 0. The number of hydrogen-bond acceptors (Lipinski definition) is 4. The molecular weight excluding hydrogens is 358 g/mol. The fraction of sp³-hybridized carbons (Fsp3) is 0.222. The van der Waals surface area contributed by atoms with Gasteiger partial charge in [0.1, 0.15) is 5.56 Å². The molecule has 0 aromatic heterocycles. The summed E-state index contributed by atoms with van der Waals surface area (Å²) in [7, 11) is 0. The van der Waals surface area contributed by atoms with Crippen LogP contribution in [0.1, 0.15) is 35.7 Å². The van der Waals surface area contributed by atoms with Crippen molar-refractivity contribution in [2.75, 3.05) is 5.32 Å². The quantitative estimate of drug-likeness (QED) is 0.565.